The predicted molar refractivity (Wildman–Crippen MR) is 85.6 cm³/mol. The zero-order valence-electron chi connectivity index (χ0n) is 12.5. The molecular formula is C17H21NO3. The van der Waals surface area contributed by atoms with E-state index in [1.807, 2.05) is 12.1 Å². The van der Waals surface area contributed by atoms with Crippen LogP contribution in [-0.4, -0.2) is 38.1 Å². The van der Waals surface area contributed by atoms with Crippen LogP contribution in [0.25, 0.3) is 6.08 Å². The molecular weight excluding hydrogens is 266 g/mol. The Morgan fingerprint density at radius 3 is 2.38 bits per heavy atom. The minimum absolute atomic E-state index is 0.104. The molecule has 0 saturated carbocycles. The zero-order valence-corrected chi connectivity index (χ0v) is 12.5. The van der Waals surface area contributed by atoms with Crippen molar-refractivity contribution in [2.45, 2.75) is 0 Å². The van der Waals surface area contributed by atoms with Crippen LogP contribution in [0.4, 0.5) is 0 Å². The standard InChI is InChI=1S/C17H21NO3/c1-5-11-18(12-6-2)17(19)10-8-14-7-9-15(20-3)13-16(14)21-4/h5-10,13H,1-2,11-12H2,3-4H3. The maximum Gasteiger partial charge on any atom is 0.247 e. The Bertz CT molecular complexity index is 525. The van der Waals surface area contributed by atoms with E-state index in [2.05, 4.69) is 13.2 Å². The summed E-state index contributed by atoms with van der Waals surface area (Å²) in [6, 6.07) is 5.43. The highest BCUT2D eigenvalue weighted by atomic mass is 16.5. The zero-order chi connectivity index (χ0) is 15.7. The van der Waals surface area contributed by atoms with Crippen LogP contribution >= 0.6 is 0 Å². The van der Waals surface area contributed by atoms with Gasteiger partial charge < -0.3 is 14.4 Å². The van der Waals surface area contributed by atoms with Crippen molar-refractivity contribution in [3.63, 3.8) is 0 Å². The first-order chi connectivity index (χ1) is 10.2. The number of methoxy groups -OCH3 is 2. The molecule has 0 atom stereocenters. The lowest BCUT2D eigenvalue weighted by atomic mass is 10.1. The molecule has 0 heterocycles. The van der Waals surface area contributed by atoms with Gasteiger partial charge in [-0.25, -0.2) is 0 Å². The maximum absolute atomic E-state index is 12.1. The van der Waals surface area contributed by atoms with Crippen LogP contribution in [0.15, 0.2) is 49.6 Å². The van der Waals surface area contributed by atoms with Gasteiger partial charge in [-0.1, -0.05) is 12.2 Å². The van der Waals surface area contributed by atoms with Gasteiger partial charge in [0.25, 0.3) is 0 Å². The van der Waals surface area contributed by atoms with Crippen molar-refractivity contribution in [1.82, 2.24) is 4.90 Å². The van der Waals surface area contributed by atoms with E-state index in [0.717, 1.165) is 5.56 Å². The average molecular weight is 287 g/mol. The Morgan fingerprint density at radius 2 is 1.86 bits per heavy atom. The Hall–Kier alpha value is -2.49. The second-order valence-corrected chi connectivity index (χ2v) is 4.26. The van der Waals surface area contributed by atoms with Crippen LogP contribution in [0.5, 0.6) is 11.5 Å². The summed E-state index contributed by atoms with van der Waals surface area (Å²) >= 11 is 0. The van der Waals surface area contributed by atoms with Gasteiger partial charge in [-0.15, -0.1) is 13.2 Å². The van der Waals surface area contributed by atoms with Crippen molar-refractivity contribution >= 4 is 12.0 Å². The third-order valence-corrected chi connectivity index (χ3v) is 2.86. The molecule has 0 spiro atoms. The van der Waals surface area contributed by atoms with Gasteiger partial charge in [-0.3, -0.25) is 4.79 Å². The van der Waals surface area contributed by atoms with Crippen molar-refractivity contribution in [2.24, 2.45) is 0 Å². The fourth-order valence-electron chi connectivity index (χ4n) is 1.79. The summed E-state index contributed by atoms with van der Waals surface area (Å²) in [7, 11) is 3.17. The second-order valence-electron chi connectivity index (χ2n) is 4.26. The van der Waals surface area contributed by atoms with Crippen molar-refractivity contribution < 1.29 is 14.3 Å². The van der Waals surface area contributed by atoms with E-state index >= 15 is 0 Å². The molecule has 112 valence electrons. The molecule has 1 aromatic carbocycles. The average Bonchev–Trinajstić information content (AvgIpc) is 2.52. The molecule has 0 bridgehead atoms. The number of rotatable bonds is 8. The van der Waals surface area contributed by atoms with Gasteiger partial charge >= 0.3 is 0 Å². The normalized spacial score (nSPS) is 10.2. The summed E-state index contributed by atoms with van der Waals surface area (Å²) in [5, 5.41) is 0. The van der Waals surface area contributed by atoms with Gasteiger partial charge in [0.2, 0.25) is 5.91 Å². The smallest absolute Gasteiger partial charge is 0.247 e. The third kappa shape index (κ3) is 4.84. The highest BCUT2D eigenvalue weighted by molar-refractivity contribution is 5.92. The van der Waals surface area contributed by atoms with Gasteiger partial charge in [-0.05, 0) is 18.2 Å². The number of nitrogens with zero attached hydrogens (tertiary/aromatic N) is 1. The molecule has 4 nitrogen and oxygen atoms in total. The highest BCUT2D eigenvalue weighted by Crippen LogP contribution is 2.25. The molecule has 21 heavy (non-hydrogen) atoms. The summed E-state index contributed by atoms with van der Waals surface area (Å²) < 4.78 is 10.4. The van der Waals surface area contributed by atoms with E-state index in [4.69, 9.17) is 9.47 Å². The number of ether oxygens (including phenoxy) is 2. The first-order valence-corrected chi connectivity index (χ1v) is 6.57. The maximum atomic E-state index is 12.1. The van der Waals surface area contributed by atoms with E-state index in [9.17, 15) is 4.79 Å². The highest BCUT2D eigenvalue weighted by Gasteiger charge is 2.07. The predicted octanol–water partition coefficient (Wildman–Crippen LogP) is 2.92. The molecule has 0 saturated heterocycles. The number of benzene rings is 1. The van der Waals surface area contributed by atoms with Gasteiger partial charge in [-0.2, -0.15) is 0 Å². The van der Waals surface area contributed by atoms with Crippen LogP contribution < -0.4 is 9.47 Å². The molecule has 1 amide bonds. The lowest BCUT2D eigenvalue weighted by Crippen LogP contribution is -2.29. The molecule has 0 aliphatic rings. The van der Waals surface area contributed by atoms with Crippen molar-refractivity contribution in [3.8, 4) is 11.5 Å². The second kappa shape index (κ2) is 8.64. The Morgan fingerprint density at radius 1 is 1.19 bits per heavy atom. The van der Waals surface area contributed by atoms with E-state index in [-0.39, 0.29) is 5.91 Å². The Labute approximate surface area is 126 Å². The fourth-order valence-corrected chi connectivity index (χ4v) is 1.79. The largest absolute Gasteiger partial charge is 0.497 e. The molecule has 1 rings (SSSR count). The van der Waals surface area contributed by atoms with Gasteiger partial charge in [0.15, 0.2) is 0 Å². The summed E-state index contributed by atoms with van der Waals surface area (Å²) in [6.45, 7) is 8.25. The number of hydrogen-bond acceptors (Lipinski definition) is 3. The molecule has 0 radical (unpaired) electrons. The van der Waals surface area contributed by atoms with E-state index in [1.165, 1.54) is 6.08 Å². The molecule has 0 fully saturated rings. The fraction of sp³-hybridized carbons (Fsp3) is 0.235. The molecule has 0 unspecified atom stereocenters. The van der Waals surface area contributed by atoms with Crippen LogP contribution in [0.3, 0.4) is 0 Å². The Balaban J connectivity index is 2.90. The van der Waals surface area contributed by atoms with Crippen molar-refractivity contribution in [1.29, 1.82) is 0 Å². The minimum Gasteiger partial charge on any atom is -0.497 e. The molecule has 0 N–H and O–H groups in total. The summed E-state index contributed by atoms with van der Waals surface area (Å²) in [5.41, 5.74) is 0.809. The molecule has 1 aromatic rings. The van der Waals surface area contributed by atoms with E-state index in [1.54, 1.807) is 43.4 Å². The van der Waals surface area contributed by atoms with E-state index < -0.39 is 0 Å². The van der Waals surface area contributed by atoms with Crippen LogP contribution in [-0.2, 0) is 4.79 Å². The van der Waals surface area contributed by atoms with Gasteiger partial charge in [0, 0.05) is 30.8 Å². The monoisotopic (exact) mass is 287 g/mol. The lowest BCUT2D eigenvalue weighted by molar-refractivity contribution is -0.124. The molecule has 0 aromatic heterocycles. The van der Waals surface area contributed by atoms with Gasteiger partial charge in [0.05, 0.1) is 14.2 Å². The quantitative estimate of drug-likeness (QED) is 0.545. The van der Waals surface area contributed by atoms with Crippen LogP contribution in [0, 0.1) is 0 Å². The Kier molecular flexibility index (Phi) is 6.81. The third-order valence-electron chi connectivity index (χ3n) is 2.86. The van der Waals surface area contributed by atoms with E-state index in [0.29, 0.717) is 24.6 Å². The van der Waals surface area contributed by atoms with Crippen LogP contribution in [0.2, 0.25) is 0 Å². The van der Waals surface area contributed by atoms with Crippen molar-refractivity contribution in [3.05, 3.63) is 55.1 Å². The summed E-state index contributed by atoms with van der Waals surface area (Å²) in [6.07, 6.45) is 6.60. The summed E-state index contributed by atoms with van der Waals surface area (Å²) in [4.78, 5) is 13.7. The topological polar surface area (TPSA) is 38.8 Å². The molecule has 0 aliphatic carbocycles. The summed E-state index contributed by atoms with van der Waals surface area (Å²) in [5.74, 6) is 1.25. The first-order valence-electron chi connectivity index (χ1n) is 6.57. The number of hydrogen-bond donors (Lipinski definition) is 0. The molecule has 4 heteroatoms. The van der Waals surface area contributed by atoms with Gasteiger partial charge in [0.1, 0.15) is 11.5 Å². The van der Waals surface area contributed by atoms with Crippen molar-refractivity contribution in [2.75, 3.05) is 27.3 Å². The van der Waals surface area contributed by atoms with Crippen LogP contribution in [0.1, 0.15) is 5.56 Å². The number of carbonyl (C=O) groups is 1. The first kappa shape index (κ1) is 16.6. The lowest BCUT2D eigenvalue weighted by Gasteiger charge is -2.17. The number of amides is 1. The SMILES string of the molecule is C=CCN(CC=C)C(=O)C=Cc1ccc(OC)cc1OC. The number of carbonyl (C=O) groups excluding carboxylic acids is 1. The molecule has 0 aliphatic heterocycles. The minimum atomic E-state index is -0.104.